The van der Waals surface area contributed by atoms with Gasteiger partial charge in [-0.15, -0.1) is 6.58 Å². The van der Waals surface area contributed by atoms with Crippen molar-refractivity contribution in [2.45, 2.75) is 70.1 Å². The third kappa shape index (κ3) is 7.62. The van der Waals surface area contributed by atoms with E-state index in [1.165, 1.54) is 14.2 Å². The number of ether oxygens (including phenoxy) is 2. The van der Waals surface area contributed by atoms with Gasteiger partial charge in [0.05, 0.1) is 48.4 Å². The molecule has 2 aliphatic rings. The molecule has 0 spiro atoms. The van der Waals surface area contributed by atoms with Crippen LogP contribution < -0.4 is 10.6 Å². The fourth-order valence-corrected chi connectivity index (χ4v) is 7.76. The second kappa shape index (κ2) is 16.2. The first-order valence-electron chi connectivity index (χ1n) is 18.9. The van der Waals surface area contributed by atoms with Gasteiger partial charge in [-0.2, -0.15) is 0 Å². The van der Waals surface area contributed by atoms with E-state index < -0.39 is 24.3 Å². The average molecular weight is 759 g/mol. The van der Waals surface area contributed by atoms with E-state index in [9.17, 15) is 19.2 Å². The highest BCUT2D eigenvalue weighted by Crippen LogP contribution is 2.35. The third-order valence-corrected chi connectivity index (χ3v) is 10.6. The smallest absolute Gasteiger partial charge is 0.407 e. The van der Waals surface area contributed by atoms with Crippen LogP contribution in [-0.2, 0) is 19.1 Å². The molecule has 4 heterocycles. The Morgan fingerprint density at radius 3 is 2.14 bits per heavy atom. The van der Waals surface area contributed by atoms with Crippen molar-refractivity contribution in [1.82, 2.24) is 40.4 Å². The summed E-state index contributed by atoms with van der Waals surface area (Å²) in [6.07, 6.45) is 3.76. The Hall–Kier alpha value is -6.36. The predicted octanol–water partition coefficient (Wildman–Crippen LogP) is 6.00. The minimum absolute atomic E-state index is 0.117. The Balaban J connectivity index is 1.08. The molecule has 3 aromatic carbocycles. The molecule has 56 heavy (non-hydrogen) atoms. The van der Waals surface area contributed by atoms with Crippen LogP contribution in [0.2, 0.25) is 0 Å². The molecule has 0 saturated carbocycles. The van der Waals surface area contributed by atoms with Gasteiger partial charge in [-0.25, -0.2) is 19.6 Å². The molecule has 4 N–H and O–H groups in total. The zero-order chi connectivity index (χ0) is 39.5. The first-order chi connectivity index (χ1) is 27.1. The number of benzene rings is 3. The Morgan fingerprint density at radius 2 is 1.46 bits per heavy atom. The van der Waals surface area contributed by atoms with Crippen LogP contribution in [0.4, 0.5) is 9.59 Å². The van der Waals surface area contributed by atoms with Gasteiger partial charge >= 0.3 is 12.2 Å². The highest BCUT2D eigenvalue weighted by Gasteiger charge is 2.38. The van der Waals surface area contributed by atoms with Crippen LogP contribution >= 0.6 is 0 Å². The van der Waals surface area contributed by atoms with Crippen LogP contribution in [-0.4, -0.2) is 93.1 Å². The molecule has 290 valence electrons. The number of fused-ring (bicyclic) bond motifs is 4. The van der Waals surface area contributed by atoms with Gasteiger partial charge in [-0.3, -0.25) is 9.59 Å². The summed E-state index contributed by atoms with van der Waals surface area (Å²) in [5.74, 6) is 7.53. The Kier molecular flexibility index (Phi) is 10.9. The monoisotopic (exact) mass is 758 g/mol. The van der Waals surface area contributed by atoms with Crippen molar-refractivity contribution in [3.63, 3.8) is 0 Å². The van der Waals surface area contributed by atoms with E-state index in [0.29, 0.717) is 18.9 Å². The summed E-state index contributed by atoms with van der Waals surface area (Å²) in [5.41, 5.74) is 4.95. The minimum atomic E-state index is -0.772. The molecule has 4 amide bonds. The molecule has 2 saturated heterocycles. The van der Waals surface area contributed by atoms with E-state index in [-0.39, 0.29) is 36.2 Å². The molecule has 2 aromatic heterocycles. The summed E-state index contributed by atoms with van der Waals surface area (Å²) in [6.45, 7) is 8.67. The number of aromatic nitrogens is 4. The molecule has 4 unspecified atom stereocenters. The summed E-state index contributed by atoms with van der Waals surface area (Å²) >= 11 is 0. The fraction of sp³-hybridized carbons (Fsp3) is 0.381. The number of H-pyrrole nitrogens is 2. The van der Waals surface area contributed by atoms with Gasteiger partial charge in [0, 0.05) is 29.6 Å². The number of hydrogen-bond acceptors (Lipinski definition) is 8. The summed E-state index contributed by atoms with van der Waals surface area (Å²) in [7, 11) is 2.55. The van der Waals surface area contributed by atoms with E-state index in [1.807, 2.05) is 67.3 Å². The number of rotatable bonds is 9. The molecule has 0 aliphatic carbocycles. The molecular weight excluding hydrogens is 713 g/mol. The number of nitrogens with one attached hydrogen (secondary N) is 4. The topological polar surface area (TPSA) is 175 Å². The molecule has 2 fully saturated rings. The largest absolute Gasteiger partial charge is 0.453 e. The highest BCUT2D eigenvalue weighted by atomic mass is 16.5. The lowest BCUT2D eigenvalue weighted by atomic mass is 10.0. The summed E-state index contributed by atoms with van der Waals surface area (Å²) in [6, 6.07) is 13.9. The van der Waals surface area contributed by atoms with Crippen LogP contribution in [0.25, 0.3) is 32.8 Å². The van der Waals surface area contributed by atoms with Crippen molar-refractivity contribution in [2.75, 3.05) is 27.3 Å². The van der Waals surface area contributed by atoms with E-state index in [1.54, 1.807) is 11.0 Å². The lowest BCUT2D eigenvalue weighted by Gasteiger charge is -2.29. The molecule has 14 heteroatoms. The summed E-state index contributed by atoms with van der Waals surface area (Å²) < 4.78 is 9.49. The van der Waals surface area contributed by atoms with Gasteiger partial charge in [0.2, 0.25) is 11.8 Å². The zero-order valence-electron chi connectivity index (χ0n) is 32.0. The average Bonchev–Trinajstić information content (AvgIpc) is 4.03. The number of imidazole rings is 2. The van der Waals surface area contributed by atoms with Gasteiger partial charge in [-0.05, 0) is 79.8 Å². The lowest BCUT2D eigenvalue weighted by Crippen LogP contribution is -2.51. The van der Waals surface area contributed by atoms with Crippen molar-refractivity contribution in [2.24, 2.45) is 5.92 Å². The zero-order valence-corrected chi connectivity index (χ0v) is 32.0. The SMILES string of the molecule is C=CCC(NC(=O)OC)C(=O)N1CCCC1c1nc2ccc(C#Cc3ccc4c(ccc5[nH]c(C6CCCN6C(=O)C(NC(=O)OC)C(C)C)nc54)c3)cc2[nH]1. The standard InChI is InChI=1S/C42H46N8O6/c1-6-9-31(46-41(53)55-4)39(51)49-20-7-10-33(49)37-43-29-18-15-26(23-32(29)45-37)13-12-25-14-17-28-27(22-25)16-19-30-36(28)47-38(44-30)34-11-8-21-50(34)40(52)35(24(2)3)48-42(54)56-5/h6,14-19,22-24,31,33-35H,1,7-11,20-21H2,2-5H3,(H,43,45)(H,44,47)(H,46,53)(H,48,54). The van der Waals surface area contributed by atoms with Crippen molar-refractivity contribution >= 4 is 56.8 Å². The second-order valence-electron chi connectivity index (χ2n) is 14.6. The minimum Gasteiger partial charge on any atom is -0.453 e. The number of aromatic amines is 2. The number of methoxy groups -OCH3 is 2. The van der Waals surface area contributed by atoms with Crippen molar-refractivity contribution in [3.8, 4) is 11.8 Å². The lowest BCUT2D eigenvalue weighted by molar-refractivity contribution is -0.135. The van der Waals surface area contributed by atoms with E-state index in [2.05, 4.69) is 39.0 Å². The predicted molar refractivity (Wildman–Crippen MR) is 211 cm³/mol. The second-order valence-corrected chi connectivity index (χ2v) is 14.6. The van der Waals surface area contributed by atoms with Crippen LogP contribution in [0, 0.1) is 17.8 Å². The number of amides is 4. The number of nitrogens with zero attached hydrogens (tertiary/aromatic N) is 4. The van der Waals surface area contributed by atoms with E-state index >= 15 is 0 Å². The first kappa shape index (κ1) is 37.9. The molecule has 14 nitrogen and oxygen atoms in total. The normalized spacial score (nSPS) is 17.8. The highest BCUT2D eigenvalue weighted by molar-refractivity contribution is 6.04. The number of alkyl carbamates (subject to hydrolysis) is 2. The number of carbonyl (C=O) groups is 4. The van der Waals surface area contributed by atoms with Crippen LogP contribution in [0.3, 0.4) is 0 Å². The number of likely N-dealkylation sites (tertiary alicyclic amines) is 2. The van der Waals surface area contributed by atoms with Gasteiger partial charge < -0.3 is 39.9 Å². The van der Waals surface area contributed by atoms with Gasteiger partial charge in [-0.1, -0.05) is 43.9 Å². The van der Waals surface area contributed by atoms with Crippen LogP contribution in [0.15, 0.2) is 61.2 Å². The van der Waals surface area contributed by atoms with Crippen molar-refractivity contribution in [3.05, 3.63) is 84.0 Å². The summed E-state index contributed by atoms with van der Waals surface area (Å²) in [4.78, 5) is 71.3. The van der Waals surface area contributed by atoms with Gasteiger partial charge in [0.15, 0.2) is 0 Å². The molecular formula is C42H46N8O6. The van der Waals surface area contributed by atoms with Crippen LogP contribution in [0.5, 0.6) is 0 Å². The summed E-state index contributed by atoms with van der Waals surface area (Å²) in [5, 5.41) is 7.29. The number of hydrogen-bond donors (Lipinski definition) is 4. The van der Waals surface area contributed by atoms with Gasteiger partial charge in [0.25, 0.3) is 0 Å². The molecule has 7 rings (SSSR count). The van der Waals surface area contributed by atoms with E-state index in [0.717, 1.165) is 75.5 Å². The first-order valence-corrected chi connectivity index (χ1v) is 18.9. The third-order valence-electron chi connectivity index (χ3n) is 10.6. The molecule has 4 atom stereocenters. The molecule has 5 aromatic rings. The quantitative estimate of drug-likeness (QED) is 0.105. The van der Waals surface area contributed by atoms with E-state index in [4.69, 9.17) is 19.4 Å². The molecule has 2 aliphatic heterocycles. The maximum Gasteiger partial charge on any atom is 0.407 e. The number of carbonyl (C=O) groups excluding carboxylic acids is 4. The maximum absolute atomic E-state index is 13.6. The van der Waals surface area contributed by atoms with Gasteiger partial charge in [0.1, 0.15) is 23.7 Å². The van der Waals surface area contributed by atoms with Crippen molar-refractivity contribution < 1.29 is 28.7 Å². The molecule has 0 bridgehead atoms. The Morgan fingerprint density at radius 1 is 0.839 bits per heavy atom. The molecule has 0 radical (unpaired) electrons. The maximum atomic E-state index is 13.6. The van der Waals surface area contributed by atoms with Crippen molar-refractivity contribution in [1.29, 1.82) is 0 Å². The van der Waals surface area contributed by atoms with Crippen LogP contribution in [0.1, 0.15) is 80.8 Å². The Bertz CT molecular complexity index is 2390. The Labute approximate surface area is 324 Å². The fourth-order valence-electron chi connectivity index (χ4n) is 7.76.